The Kier molecular flexibility index (Phi) is 4.20. The van der Waals surface area contributed by atoms with Crippen molar-refractivity contribution < 1.29 is 5.11 Å². The van der Waals surface area contributed by atoms with E-state index in [-0.39, 0.29) is 6.10 Å². The molecule has 1 aromatic carbocycles. The third-order valence-electron chi connectivity index (χ3n) is 3.69. The fourth-order valence-electron chi connectivity index (χ4n) is 2.85. The van der Waals surface area contributed by atoms with Gasteiger partial charge in [-0.1, -0.05) is 29.3 Å². The molecular formula is C17H20OS2. The topological polar surface area (TPSA) is 20.2 Å². The van der Waals surface area contributed by atoms with Gasteiger partial charge in [-0.2, -0.15) is 11.8 Å². The Morgan fingerprint density at radius 3 is 2.60 bits per heavy atom. The van der Waals surface area contributed by atoms with Gasteiger partial charge in [-0.05, 0) is 43.2 Å². The number of aliphatic hydroxyl groups excluding tert-OH is 1. The maximum absolute atomic E-state index is 10.5. The van der Waals surface area contributed by atoms with Crippen LogP contribution in [0.4, 0.5) is 0 Å². The van der Waals surface area contributed by atoms with E-state index >= 15 is 0 Å². The van der Waals surface area contributed by atoms with E-state index in [1.54, 1.807) is 0 Å². The van der Waals surface area contributed by atoms with Gasteiger partial charge >= 0.3 is 0 Å². The Labute approximate surface area is 129 Å². The zero-order valence-electron chi connectivity index (χ0n) is 12.0. The lowest BCUT2D eigenvalue weighted by atomic mass is 10.0. The summed E-state index contributed by atoms with van der Waals surface area (Å²) in [4.78, 5) is 2.62. The van der Waals surface area contributed by atoms with E-state index < -0.39 is 0 Å². The summed E-state index contributed by atoms with van der Waals surface area (Å²) in [5.74, 6) is 2.34. The fraction of sp³-hybridized carbons (Fsp3) is 0.412. The number of rotatable bonds is 3. The molecule has 0 bridgehead atoms. The number of hydrogen-bond donors (Lipinski definition) is 1. The summed E-state index contributed by atoms with van der Waals surface area (Å²) in [5, 5.41) is 10.5. The Balaban J connectivity index is 1.78. The van der Waals surface area contributed by atoms with Gasteiger partial charge in [-0.25, -0.2) is 0 Å². The molecule has 106 valence electrons. The molecule has 2 aromatic rings. The number of aliphatic hydroxyl groups is 1. The van der Waals surface area contributed by atoms with Gasteiger partial charge in [0, 0.05) is 21.9 Å². The molecule has 1 unspecified atom stereocenters. The molecule has 1 aliphatic rings. The van der Waals surface area contributed by atoms with Crippen molar-refractivity contribution in [1.82, 2.24) is 0 Å². The SMILES string of the molecule is Cc1cc(C)cc(CC(O)c2cc3c(s2)CCSC3)c1. The molecule has 2 heterocycles. The van der Waals surface area contributed by atoms with Crippen molar-refractivity contribution in [2.24, 2.45) is 0 Å². The molecule has 0 aliphatic carbocycles. The first-order valence-corrected chi connectivity index (χ1v) is 9.03. The van der Waals surface area contributed by atoms with Gasteiger partial charge < -0.3 is 5.11 Å². The molecule has 0 saturated heterocycles. The molecule has 1 aliphatic heterocycles. The van der Waals surface area contributed by atoms with Crippen molar-refractivity contribution in [3.05, 3.63) is 56.3 Å². The van der Waals surface area contributed by atoms with E-state index in [1.165, 1.54) is 39.3 Å². The molecule has 0 radical (unpaired) electrons. The summed E-state index contributed by atoms with van der Waals surface area (Å²) in [6, 6.07) is 8.76. The Hall–Kier alpha value is -0.770. The molecule has 0 amide bonds. The van der Waals surface area contributed by atoms with Gasteiger partial charge in [0.05, 0.1) is 6.10 Å². The van der Waals surface area contributed by atoms with Crippen LogP contribution in [0.3, 0.4) is 0 Å². The first kappa shape index (κ1) is 14.2. The minimum absolute atomic E-state index is 0.364. The van der Waals surface area contributed by atoms with E-state index in [0.29, 0.717) is 0 Å². The van der Waals surface area contributed by atoms with Crippen molar-refractivity contribution in [2.45, 2.75) is 38.5 Å². The van der Waals surface area contributed by atoms with Gasteiger partial charge in [-0.15, -0.1) is 11.3 Å². The van der Waals surface area contributed by atoms with Crippen LogP contribution < -0.4 is 0 Å². The maximum Gasteiger partial charge on any atom is 0.0922 e. The monoisotopic (exact) mass is 304 g/mol. The predicted molar refractivity (Wildman–Crippen MR) is 88.8 cm³/mol. The van der Waals surface area contributed by atoms with Crippen LogP contribution in [0.1, 0.15) is 38.1 Å². The second-order valence-electron chi connectivity index (χ2n) is 5.62. The summed E-state index contributed by atoms with van der Waals surface area (Å²) >= 11 is 3.80. The molecule has 0 spiro atoms. The maximum atomic E-state index is 10.5. The van der Waals surface area contributed by atoms with E-state index in [0.717, 1.165) is 17.1 Å². The molecule has 1 nitrogen and oxygen atoms in total. The Morgan fingerprint density at radius 1 is 1.15 bits per heavy atom. The van der Waals surface area contributed by atoms with Gasteiger partial charge in [0.25, 0.3) is 0 Å². The highest BCUT2D eigenvalue weighted by molar-refractivity contribution is 7.98. The average molecular weight is 304 g/mol. The van der Waals surface area contributed by atoms with Crippen LogP contribution in [0.2, 0.25) is 0 Å². The number of thioether (sulfide) groups is 1. The summed E-state index contributed by atoms with van der Waals surface area (Å²) < 4.78 is 0. The number of aryl methyl sites for hydroxylation is 3. The highest BCUT2D eigenvalue weighted by Gasteiger charge is 2.18. The smallest absolute Gasteiger partial charge is 0.0922 e. The predicted octanol–water partition coefficient (Wildman–Crippen LogP) is 4.43. The van der Waals surface area contributed by atoms with Crippen molar-refractivity contribution in [2.75, 3.05) is 5.75 Å². The lowest BCUT2D eigenvalue weighted by Crippen LogP contribution is -2.00. The van der Waals surface area contributed by atoms with Gasteiger partial charge in [-0.3, -0.25) is 0 Å². The summed E-state index contributed by atoms with van der Waals surface area (Å²) in [7, 11) is 0. The molecule has 0 saturated carbocycles. The van der Waals surface area contributed by atoms with E-state index in [2.05, 4.69) is 38.1 Å². The molecule has 1 aromatic heterocycles. The van der Waals surface area contributed by atoms with Gasteiger partial charge in [0.15, 0.2) is 0 Å². The summed E-state index contributed by atoms with van der Waals surface area (Å²) in [5.41, 5.74) is 5.22. The van der Waals surface area contributed by atoms with Crippen LogP contribution in [0.15, 0.2) is 24.3 Å². The van der Waals surface area contributed by atoms with Crippen LogP contribution in [-0.4, -0.2) is 10.9 Å². The quantitative estimate of drug-likeness (QED) is 0.905. The number of fused-ring (bicyclic) bond motifs is 1. The zero-order valence-corrected chi connectivity index (χ0v) is 13.6. The highest BCUT2D eigenvalue weighted by Crippen LogP contribution is 2.35. The third kappa shape index (κ3) is 3.11. The van der Waals surface area contributed by atoms with Gasteiger partial charge in [0.1, 0.15) is 0 Å². The molecule has 0 fully saturated rings. The third-order valence-corrected chi connectivity index (χ3v) is 6.03. The van der Waals surface area contributed by atoms with Crippen molar-refractivity contribution in [3.63, 3.8) is 0 Å². The van der Waals surface area contributed by atoms with Crippen molar-refractivity contribution in [3.8, 4) is 0 Å². The molecule has 3 rings (SSSR count). The average Bonchev–Trinajstić information content (AvgIpc) is 2.81. The fourth-order valence-corrected chi connectivity index (χ4v) is 5.21. The molecular weight excluding hydrogens is 284 g/mol. The largest absolute Gasteiger partial charge is 0.387 e. The van der Waals surface area contributed by atoms with Crippen LogP contribution in [-0.2, 0) is 18.6 Å². The van der Waals surface area contributed by atoms with Crippen LogP contribution in [0, 0.1) is 13.8 Å². The first-order valence-electron chi connectivity index (χ1n) is 7.06. The standard InChI is InChI=1S/C17H20OS2/c1-11-5-12(2)7-13(6-11)8-15(18)17-9-14-10-19-4-3-16(14)20-17/h5-7,9,15,18H,3-4,8,10H2,1-2H3. The van der Waals surface area contributed by atoms with E-state index in [4.69, 9.17) is 0 Å². The Morgan fingerprint density at radius 2 is 1.90 bits per heavy atom. The number of thiophene rings is 1. The molecule has 20 heavy (non-hydrogen) atoms. The minimum Gasteiger partial charge on any atom is -0.387 e. The van der Waals surface area contributed by atoms with Crippen LogP contribution in [0.5, 0.6) is 0 Å². The van der Waals surface area contributed by atoms with E-state index in [1.807, 2.05) is 23.1 Å². The Bertz CT molecular complexity index is 572. The first-order chi connectivity index (χ1) is 9.61. The second-order valence-corrected chi connectivity index (χ2v) is 7.89. The lowest BCUT2D eigenvalue weighted by Gasteiger charge is -2.10. The highest BCUT2D eigenvalue weighted by atomic mass is 32.2. The molecule has 1 atom stereocenters. The van der Waals surface area contributed by atoms with Crippen LogP contribution >= 0.6 is 23.1 Å². The minimum atomic E-state index is -0.364. The summed E-state index contributed by atoms with van der Waals surface area (Å²) in [6.07, 6.45) is 1.52. The molecule has 3 heteroatoms. The summed E-state index contributed by atoms with van der Waals surface area (Å²) in [6.45, 7) is 4.23. The second kappa shape index (κ2) is 5.92. The van der Waals surface area contributed by atoms with Crippen molar-refractivity contribution >= 4 is 23.1 Å². The van der Waals surface area contributed by atoms with E-state index in [9.17, 15) is 5.11 Å². The molecule has 1 N–H and O–H groups in total. The zero-order chi connectivity index (χ0) is 14.1. The lowest BCUT2D eigenvalue weighted by molar-refractivity contribution is 0.182. The van der Waals surface area contributed by atoms with Crippen LogP contribution in [0.25, 0.3) is 0 Å². The normalized spacial score (nSPS) is 15.9. The number of hydrogen-bond acceptors (Lipinski definition) is 3. The number of benzene rings is 1. The van der Waals surface area contributed by atoms with Gasteiger partial charge in [0.2, 0.25) is 0 Å². The van der Waals surface area contributed by atoms with Crippen molar-refractivity contribution in [1.29, 1.82) is 0 Å².